The number of hydrogen-bond acceptors (Lipinski definition) is 5. The van der Waals surface area contributed by atoms with Gasteiger partial charge in [-0.2, -0.15) is 0 Å². The number of carbonyl (C=O) groups is 2. The van der Waals surface area contributed by atoms with Crippen LogP contribution in [0.4, 0.5) is 0 Å². The number of nitrogens with zero attached hydrogens (tertiary/aromatic N) is 3. The van der Waals surface area contributed by atoms with Crippen molar-refractivity contribution in [3.8, 4) is 5.88 Å². The van der Waals surface area contributed by atoms with Crippen molar-refractivity contribution in [2.45, 2.75) is 38.6 Å². The standard InChI is InChI=1S/C14H19N3O4/c1-2-21-12-9-15-11(8-16-12)14(20)17-6-4-3-5-10(17)7-13(18)19/h8-10H,2-7H2,1H3,(H,18,19). The number of aliphatic carboxylic acids is 1. The number of likely N-dealkylation sites (tertiary alicyclic amines) is 1. The maximum absolute atomic E-state index is 12.5. The Balaban J connectivity index is 2.10. The molecule has 1 atom stereocenters. The van der Waals surface area contributed by atoms with Crippen molar-refractivity contribution in [2.24, 2.45) is 0 Å². The summed E-state index contributed by atoms with van der Waals surface area (Å²) in [6.07, 6.45) is 5.29. The summed E-state index contributed by atoms with van der Waals surface area (Å²) in [7, 11) is 0. The highest BCUT2D eigenvalue weighted by atomic mass is 16.5. The first-order chi connectivity index (χ1) is 10.1. The van der Waals surface area contributed by atoms with Gasteiger partial charge in [-0.3, -0.25) is 9.59 Å². The fourth-order valence-corrected chi connectivity index (χ4v) is 2.48. The van der Waals surface area contributed by atoms with Gasteiger partial charge >= 0.3 is 5.97 Å². The van der Waals surface area contributed by atoms with Crippen molar-refractivity contribution in [3.63, 3.8) is 0 Å². The molecule has 1 amide bonds. The minimum Gasteiger partial charge on any atom is -0.481 e. The van der Waals surface area contributed by atoms with Crippen LogP contribution in [0, 0.1) is 0 Å². The highest BCUT2D eigenvalue weighted by molar-refractivity contribution is 5.92. The molecule has 0 aromatic carbocycles. The first kappa shape index (κ1) is 15.2. The zero-order valence-electron chi connectivity index (χ0n) is 12.0. The molecule has 0 radical (unpaired) electrons. The highest BCUT2D eigenvalue weighted by Crippen LogP contribution is 2.21. The van der Waals surface area contributed by atoms with Crippen LogP contribution in [-0.2, 0) is 4.79 Å². The Morgan fingerprint density at radius 2 is 2.19 bits per heavy atom. The Morgan fingerprint density at radius 3 is 2.81 bits per heavy atom. The van der Waals surface area contributed by atoms with Crippen molar-refractivity contribution >= 4 is 11.9 Å². The van der Waals surface area contributed by atoms with Crippen LogP contribution < -0.4 is 4.74 Å². The first-order valence-electron chi connectivity index (χ1n) is 7.09. The molecular formula is C14H19N3O4. The van der Waals surface area contributed by atoms with E-state index in [1.807, 2.05) is 6.92 Å². The van der Waals surface area contributed by atoms with Crippen molar-refractivity contribution in [1.29, 1.82) is 0 Å². The van der Waals surface area contributed by atoms with Crippen molar-refractivity contribution < 1.29 is 19.4 Å². The van der Waals surface area contributed by atoms with Gasteiger partial charge in [-0.1, -0.05) is 0 Å². The zero-order chi connectivity index (χ0) is 15.2. The number of rotatable bonds is 5. The van der Waals surface area contributed by atoms with Crippen molar-refractivity contribution in [2.75, 3.05) is 13.2 Å². The largest absolute Gasteiger partial charge is 0.481 e. The molecule has 1 fully saturated rings. The van der Waals surface area contributed by atoms with Crippen LogP contribution in [0.15, 0.2) is 12.4 Å². The molecular weight excluding hydrogens is 274 g/mol. The normalized spacial score (nSPS) is 18.3. The molecule has 1 unspecified atom stereocenters. The number of carboxylic acids is 1. The van der Waals surface area contributed by atoms with Gasteiger partial charge < -0.3 is 14.7 Å². The summed E-state index contributed by atoms with van der Waals surface area (Å²) in [5.41, 5.74) is 0.218. The molecule has 2 heterocycles. The fourth-order valence-electron chi connectivity index (χ4n) is 2.48. The molecule has 1 aliphatic rings. The Morgan fingerprint density at radius 1 is 1.38 bits per heavy atom. The van der Waals surface area contributed by atoms with Gasteiger partial charge in [-0.15, -0.1) is 0 Å². The number of amides is 1. The van der Waals surface area contributed by atoms with Gasteiger partial charge in [-0.25, -0.2) is 9.97 Å². The molecule has 0 bridgehead atoms. The molecule has 0 aliphatic carbocycles. The van der Waals surface area contributed by atoms with Crippen molar-refractivity contribution in [1.82, 2.24) is 14.9 Å². The third kappa shape index (κ3) is 3.90. The van der Waals surface area contributed by atoms with Gasteiger partial charge in [0.15, 0.2) is 0 Å². The SMILES string of the molecule is CCOc1cnc(C(=O)N2CCCCC2CC(=O)O)cn1. The minimum atomic E-state index is -0.891. The molecule has 2 rings (SSSR count). The topological polar surface area (TPSA) is 92.6 Å². The summed E-state index contributed by atoms with van der Waals surface area (Å²) < 4.78 is 5.18. The van der Waals surface area contributed by atoms with E-state index in [0.717, 1.165) is 12.8 Å². The van der Waals surface area contributed by atoms with Crippen LogP contribution in [0.2, 0.25) is 0 Å². The second kappa shape index (κ2) is 7.01. The molecule has 114 valence electrons. The third-order valence-corrected chi connectivity index (χ3v) is 3.44. The zero-order valence-corrected chi connectivity index (χ0v) is 12.0. The number of carboxylic acid groups (broad SMARTS) is 1. The molecule has 21 heavy (non-hydrogen) atoms. The molecule has 1 N–H and O–H groups in total. The van der Waals surface area contributed by atoms with Gasteiger partial charge in [0.05, 0.1) is 25.4 Å². The van der Waals surface area contributed by atoms with E-state index in [1.54, 1.807) is 4.90 Å². The molecule has 1 aromatic heterocycles. The van der Waals surface area contributed by atoms with E-state index in [0.29, 0.717) is 25.5 Å². The van der Waals surface area contributed by atoms with E-state index in [1.165, 1.54) is 12.4 Å². The van der Waals surface area contributed by atoms with Crippen LogP contribution >= 0.6 is 0 Å². The molecule has 0 saturated carbocycles. The van der Waals surface area contributed by atoms with Gasteiger partial charge in [0, 0.05) is 12.6 Å². The first-order valence-corrected chi connectivity index (χ1v) is 7.09. The summed E-state index contributed by atoms with van der Waals surface area (Å²) in [5.74, 6) is -0.788. The van der Waals surface area contributed by atoms with Crippen LogP contribution in [-0.4, -0.2) is 51.0 Å². The summed E-state index contributed by atoms with van der Waals surface area (Å²) in [6.45, 7) is 2.88. The average molecular weight is 293 g/mol. The van der Waals surface area contributed by atoms with E-state index in [4.69, 9.17) is 9.84 Å². The van der Waals surface area contributed by atoms with E-state index in [2.05, 4.69) is 9.97 Å². The van der Waals surface area contributed by atoms with Gasteiger partial charge in [0.1, 0.15) is 5.69 Å². The number of aromatic nitrogens is 2. The number of ether oxygens (including phenoxy) is 1. The second-order valence-electron chi connectivity index (χ2n) is 4.92. The second-order valence-corrected chi connectivity index (χ2v) is 4.92. The van der Waals surface area contributed by atoms with Crippen LogP contribution in [0.25, 0.3) is 0 Å². The number of hydrogen-bond donors (Lipinski definition) is 1. The Kier molecular flexibility index (Phi) is 5.08. The van der Waals surface area contributed by atoms with E-state index in [-0.39, 0.29) is 24.1 Å². The number of piperidine rings is 1. The maximum Gasteiger partial charge on any atom is 0.305 e. The van der Waals surface area contributed by atoms with E-state index >= 15 is 0 Å². The average Bonchev–Trinajstić information content (AvgIpc) is 2.48. The third-order valence-electron chi connectivity index (χ3n) is 3.44. The molecule has 1 saturated heterocycles. The summed E-state index contributed by atoms with van der Waals surface area (Å²) in [6, 6.07) is -0.267. The Bertz CT molecular complexity index is 503. The summed E-state index contributed by atoms with van der Waals surface area (Å²) in [4.78, 5) is 33.0. The lowest BCUT2D eigenvalue weighted by molar-refractivity contribution is -0.138. The molecule has 1 aliphatic heterocycles. The van der Waals surface area contributed by atoms with E-state index in [9.17, 15) is 9.59 Å². The molecule has 7 heteroatoms. The predicted octanol–water partition coefficient (Wildman–Crippen LogP) is 1.34. The fraction of sp³-hybridized carbons (Fsp3) is 0.571. The summed E-state index contributed by atoms with van der Waals surface area (Å²) >= 11 is 0. The summed E-state index contributed by atoms with van der Waals surface area (Å²) in [5, 5.41) is 8.95. The molecule has 1 aromatic rings. The lowest BCUT2D eigenvalue weighted by Gasteiger charge is -2.34. The van der Waals surface area contributed by atoms with Crippen LogP contribution in [0.3, 0.4) is 0 Å². The maximum atomic E-state index is 12.5. The monoisotopic (exact) mass is 293 g/mol. The Labute approximate surface area is 123 Å². The smallest absolute Gasteiger partial charge is 0.305 e. The van der Waals surface area contributed by atoms with Gasteiger partial charge in [-0.05, 0) is 26.2 Å². The lowest BCUT2D eigenvalue weighted by atomic mass is 9.99. The van der Waals surface area contributed by atoms with Gasteiger partial charge in [0.2, 0.25) is 5.88 Å². The molecule has 7 nitrogen and oxygen atoms in total. The lowest BCUT2D eigenvalue weighted by Crippen LogP contribution is -2.45. The van der Waals surface area contributed by atoms with Gasteiger partial charge in [0.25, 0.3) is 5.91 Å². The quantitative estimate of drug-likeness (QED) is 0.880. The molecule has 0 spiro atoms. The number of carbonyl (C=O) groups excluding carboxylic acids is 1. The van der Waals surface area contributed by atoms with Crippen LogP contribution in [0.5, 0.6) is 5.88 Å². The predicted molar refractivity (Wildman–Crippen MR) is 74.1 cm³/mol. The highest BCUT2D eigenvalue weighted by Gasteiger charge is 2.29. The van der Waals surface area contributed by atoms with Crippen LogP contribution in [0.1, 0.15) is 43.1 Å². The minimum absolute atomic E-state index is 0.0315. The van der Waals surface area contributed by atoms with E-state index < -0.39 is 5.97 Å². The Hall–Kier alpha value is -2.18. The van der Waals surface area contributed by atoms with Crippen molar-refractivity contribution in [3.05, 3.63) is 18.1 Å².